The molecule has 1 aromatic carbocycles. The van der Waals surface area contributed by atoms with Crippen LogP contribution in [0.2, 0.25) is 0 Å². The summed E-state index contributed by atoms with van der Waals surface area (Å²) >= 11 is 3.31. The number of phenolic OH excluding ortho intramolecular Hbond substituents is 1. The number of quaternary nitrogens is 1. The molecule has 0 amide bonds. The van der Waals surface area contributed by atoms with E-state index in [0.29, 0.717) is 27.7 Å². The lowest BCUT2D eigenvalue weighted by Gasteiger charge is -2.08. The molecule has 2 rings (SSSR count). The first-order valence-corrected chi connectivity index (χ1v) is 7.66. The minimum absolute atomic E-state index is 0.140. The number of halogens is 1. The van der Waals surface area contributed by atoms with Gasteiger partial charge >= 0.3 is 5.97 Å². The smallest absolute Gasteiger partial charge is 0.342 e. The number of hydrogen-bond acceptors (Lipinski definition) is 5. The van der Waals surface area contributed by atoms with E-state index in [2.05, 4.69) is 15.9 Å². The van der Waals surface area contributed by atoms with E-state index in [1.165, 1.54) is 7.11 Å². The monoisotopic (exact) mass is 372 g/mol. The zero-order chi connectivity index (χ0) is 16.4. The molecule has 0 bridgehead atoms. The molecule has 7 heteroatoms. The summed E-state index contributed by atoms with van der Waals surface area (Å²) in [6.45, 7) is 2.46. The summed E-state index contributed by atoms with van der Waals surface area (Å²) < 4.78 is 16.6. The highest BCUT2D eigenvalue weighted by molar-refractivity contribution is 9.10. The largest absolute Gasteiger partial charge is 0.504 e. The first-order chi connectivity index (χ1) is 10.4. The summed E-state index contributed by atoms with van der Waals surface area (Å²) in [4.78, 5) is 13.4. The number of benzene rings is 1. The zero-order valence-electron chi connectivity index (χ0n) is 12.9. The molecule has 0 unspecified atom stereocenters. The lowest BCUT2D eigenvalue weighted by molar-refractivity contribution is -0.873. The van der Waals surface area contributed by atoms with Crippen LogP contribution in [0.3, 0.4) is 0 Å². The van der Waals surface area contributed by atoms with Gasteiger partial charge in [-0.25, -0.2) is 4.79 Å². The lowest BCUT2D eigenvalue weighted by Crippen LogP contribution is -3.04. The summed E-state index contributed by atoms with van der Waals surface area (Å²) in [7, 11) is 5.33. The molecule has 0 saturated carbocycles. The molecule has 120 valence electrons. The normalized spacial score (nSPS) is 11.2. The Labute approximate surface area is 136 Å². The minimum atomic E-state index is -0.517. The SMILES string of the molecule is CCOC(=O)c1c(C[NH+](C)C)oc2cc(Br)c(OC)c(O)c12. The number of hydrogen-bond donors (Lipinski definition) is 2. The van der Waals surface area contributed by atoms with Crippen molar-refractivity contribution in [1.82, 2.24) is 0 Å². The molecule has 0 aliphatic carbocycles. The predicted octanol–water partition coefficient (Wildman–Crippen LogP) is 1.73. The summed E-state index contributed by atoms with van der Waals surface area (Å²) in [5.41, 5.74) is 0.658. The Balaban J connectivity index is 2.76. The maximum atomic E-state index is 12.3. The number of ether oxygens (including phenoxy) is 2. The number of fused-ring (bicyclic) bond motifs is 1. The molecule has 0 radical (unpaired) electrons. The van der Waals surface area contributed by atoms with E-state index in [-0.39, 0.29) is 23.7 Å². The average Bonchev–Trinajstić information content (AvgIpc) is 2.76. The lowest BCUT2D eigenvalue weighted by atomic mass is 10.1. The van der Waals surface area contributed by atoms with E-state index < -0.39 is 5.97 Å². The van der Waals surface area contributed by atoms with Crippen LogP contribution < -0.4 is 9.64 Å². The zero-order valence-corrected chi connectivity index (χ0v) is 14.5. The first-order valence-electron chi connectivity index (χ1n) is 6.87. The number of furan rings is 1. The first kappa shape index (κ1) is 16.6. The minimum Gasteiger partial charge on any atom is -0.504 e. The van der Waals surface area contributed by atoms with Crippen molar-refractivity contribution >= 4 is 32.9 Å². The number of aromatic hydroxyl groups is 1. The second-order valence-corrected chi connectivity index (χ2v) is 5.97. The number of rotatable bonds is 5. The molecule has 1 aromatic heterocycles. The van der Waals surface area contributed by atoms with Crippen molar-refractivity contribution in [1.29, 1.82) is 0 Å². The van der Waals surface area contributed by atoms with Gasteiger partial charge in [0.1, 0.15) is 17.7 Å². The fraction of sp³-hybridized carbons (Fsp3) is 0.400. The van der Waals surface area contributed by atoms with Crippen LogP contribution in [0.25, 0.3) is 11.0 Å². The van der Waals surface area contributed by atoms with Gasteiger partial charge in [-0.05, 0) is 28.9 Å². The third kappa shape index (κ3) is 2.91. The van der Waals surface area contributed by atoms with E-state index in [0.717, 1.165) is 4.90 Å². The maximum Gasteiger partial charge on any atom is 0.342 e. The Morgan fingerprint density at radius 3 is 2.68 bits per heavy atom. The summed E-state index contributed by atoms with van der Waals surface area (Å²) in [6.07, 6.45) is 0. The number of phenols is 1. The molecular formula is C15H19BrNO5+. The molecular weight excluding hydrogens is 354 g/mol. The number of nitrogens with one attached hydrogen (secondary N) is 1. The van der Waals surface area contributed by atoms with Gasteiger partial charge in [0, 0.05) is 0 Å². The van der Waals surface area contributed by atoms with Gasteiger partial charge in [0.25, 0.3) is 0 Å². The van der Waals surface area contributed by atoms with Gasteiger partial charge in [-0.15, -0.1) is 0 Å². The Morgan fingerprint density at radius 2 is 2.14 bits per heavy atom. The van der Waals surface area contributed by atoms with E-state index in [9.17, 15) is 9.90 Å². The maximum absolute atomic E-state index is 12.3. The Bertz CT molecular complexity index is 708. The summed E-state index contributed by atoms with van der Waals surface area (Å²) in [6, 6.07) is 1.67. The van der Waals surface area contributed by atoms with Gasteiger partial charge in [0.2, 0.25) is 0 Å². The van der Waals surface area contributed by atoms with Crippen molar-refractivity contribution in [2.24, 2.45) is 0 Å². The molecule has 2 N–H and O–H groups in total. The van der Waals surface area contributed by atoms with Crippen LogP contribution in [0.1, 0.15) is 23.0 Å². The van der Waals surface area contributed by atoms with Crippen LogP contribution in [0.4, 0.5) is 0 Å². The van der Waals surface area contributed by atoms with E-state index in [4.69, 9.17) is 13.9 Å². The van der Waals surface area contributed by atoms with Crippen LogP contribution in [0.15, 0.2) is 15.0 Å². The van der Waals surface area contributed by atoms with Gasteiger partial charge in [0.05, 0.1) is 37.7 Å². The van der Waals surface area contributed by atoms with Crippen molar-refractivity contribution < 1.29 is 28.7 Å². The van der Waals surface area contributed by atoms with Gasteiger partial charge < -0.3 is 23.9 Å². The number of carbonyl (C=O) groups excluding carboxylic acids is 1. The third-order valence-electron chi connectivity index (χ3n) is 3.13. The van der Waals surface area contributed by atoms with Gasteiger partial charge in [-0.2, -0.15) is 0 Å². The van der Waals surface area contributed by atoms with Crippen LogP contribution in [-0.2, 0) is 11.3 Å². The van der Waals surface area contributed by atoms with Crippen molar-refractivity contribution in [3.05, 3.63) is 21.9 Å². The quantitative estimate of drug-likeness (QED) is 0.781. The molecule has 6 nitrogen and oxygen atoms in total. The Kier molecular flexibility index (Phi) is 4.97. The summed E-state index contributed by atoms with van der Waals surface area (Å²) in [5.74, 6) is 0.0716. The van der Waals surface area contributed by atoms with Gasteiger partial charge in [0.15, 0.2) is 17.3 Å². The van der Waals surface area contributed by atoms with Gasteiger partial charge in [-0.1, -0.05) is 0 Å². The predicted molar refractivity (Wildman–Crippen MR) is 84.6 cm³/mol. The van der Waals surface area contributed by atoms with Crippen LogP contribution >= 0.6 is 15.9 Å². The number of carbonyl (C=O) groups is 1. The van der Waals surface area contributed by atoms with E-state index in [1.54, 1.807) is 13.0 Å². The second-order valence-electron chi connectivity index (χ2n) is 5.12. The average molecular weight is 373 g/mol. The molecule has 0 saturated heterocycles. The van der Waals surface area contributed by atoms with Crippen molar-refractivity contribution in [2.75, 3.05) is 27.8 Å². The molecule has 0 atom stereocenters. The topological polar surface area (TPSA) is 73.3 Å². The third-order valence-corrected chi connectivity index (χ3v) is 3.72. The fourth-order valence-electron chi connectivity index (χ4n) is 2.30. The van der Waals surface area contributed by atoms with Crippen molar-refractivity contribution in [3.8, 4) is 11.5 Å². The Hall–Kier alpha value is -1.73. The Morgan fingerprint density at radius 1 is 1.45 bits per heavy atom. The standard InChI is InChI=1S/C15H18BrNO5/c1-5-21-15(19)12-10(7-17(2)3)22-9-6-8(16)14(20-4)13(18)11(9)12/h6,18H,5,7H2,1-4H3/p+1. The molecule has 0 aliphatic heterocycles. The molecule has 0 fully saturated rings. The molecule has 0 spiro atoms. The fourth-order valence-corrected chi connectivity index (χ4v) is 2.86. The molecule has 0 aliphatic rings. The van der Waals surface area contributed by atoms with E-state index >= 15 is 0 Å². The number of esters is 1. The molecule has 2 aromatic rings. The highest BCUT2D eigenvalue weighted by atomic mass is 79.9. The molecule has 22 heavy (non-hydrogen) atoms. The summed E-state index contributed by atoms with van der Waals surface area (Å²) in [5, 5.41) is 10.8. The van der Waals surface area contributed by atoms with Crippen molar-refractivity contribution in [2.45, 2.75) is 13.5 Å². The second kappa shape index (κ2) is 6.58. The van der Waals surface area contributed by atoms with Crippen LogP contribution in [0, 0.1) is 0 Å². The van der Waals surface area contributed by atoms with Crippen molar-refractivity contribution in [3.63, 3.8) is 0 Å². The highest BCUT2D eigenvalue weighted by Crippen LogP contribution is 2.44. The van der Waals surface area contributed by atoms with E-state index in [1.807, 2.05) is 14.1 Å². The van der Waals surface area contributed by atoms with Gasteiger partial charge in [-0.3, -0.25) is 0 Å². The number of methoxy groups -OCH3 is 1. The van der Waals surface area contributed by atoms with Crippen LogP contribution in [0.5, 0.6) is 11.5 Å². The highest BCUT2D eigenvalue weighted by Gasteiger charge is 2.28. The van der Waals surface area contributed by atoms with Crippen LogP contribution in [-0.4, -0.2) is 38.9 Å². The molecule has 1 heterocycles.